The number of nitrogens with one attached hydrogen (secondary N) is 1. The van der Waals surface area contributed by atoms with Gasteiger partial charge in [0, 0.05) is 16.9 Å². The molecule has 0 saturated heterocycles. The van der Waals surface area contributed by atoms with Gasteiger partial charge in [-0.3, -0.25) is 4.98 Å². The van der Waals surface area contributed by atoms with Gasteiger partial charge in [-0.2, -0.15) is 0 Å². The number of nitrogens with zero attached hydrogens (tertiary/aromatic N) is 1. The summed E-state index contributed by atoms with van der Waals surface area (Å²) in [5.74, 6) is 1.79. The zero-order valence-electron chi connectivity index (χ0n) is 21.6. The normalized spacial score (nSPS) is 29.3. The smallest absolute Gasteiger partial charge is 0.329 e. The lowest BCUT2D eigenvalue weighted by atomic mass is 9.59. The highest BCUT2D eigenvalue weighted by molar-refractivity contribution is 7.17. The summed E-state index contributed by atoms with van der Waals surface area (Å²) < 4.78 is 7.47. The number of aliphatic carboxylic acids is 1. The van der Waals surface area contributed by atoms with E-state index in [1.807, 2.05) is 42.6 Å². The maximum Gasteiger partial charge on any atom is 0.329 e. The predicted molar refractivity (Wildman–Crippen MR) is 156 cm³/mol. The molecule has 7 rings (SSSR count). The van der Waals surface area contributed by atoms with Crippen LogP contribution in [0.3, 0.4) is 0 Å². The zero-order valence-corrected chi connectivity index (χ0v) is 23.2. The fourth-order valence-electron chi connectivity index (χ4n) is 7.49. The monoisotopic (exact) mass is 558 g/mol. The molecule has 3 aliphatic rings. The second-order valence-electron chi connectivity index (χ2n) is 11.6. The van der Waals surface area contributed by atoms with Gasteiger partial charge in [0.05, 0.1) is 16.8 Å². The minimum absolute atomic E-state index is 0.0165. The van der Waals surface area contributed by atoms with Gasteiger partial charge >= 0.3 is 5.97 Å². The molecule has 2 heterocycles. The van der Waals surface area contributed by atoms with Crippen LogP contribution >= 0.6 is 22.9 Å². The summed E-state index contributed by atoms with van der Waals surface area (Å²) >= 11 is 7.88. The van der Waals surface area contributed by atoms with Crippen molar-refractivity contribution in [2.45, 2.75) is 49.5 Å². The summed E-state index contributed by atoms with van der Waals surface area (Å²) in [4.78, 5) is 17.1. The number of rotatable bonds is 7. The molecule has 0 amide bonds. The van der Waals surface area contributed by atoms with Gasteiger partial charge in [-0.05, 0) is 109 Å². The van der Waals surface area contributed by atoms with Gasteiger partial charge in [0.1, 0.15) is 11.3 Å². The van der Waals surface area contributed by atoms with Crippen LogP contribution in [0.2, 0.25) is 5.02 Å². The average molecular weight is 559 g/mol. The molecule has 39 heavy (non-hydrogen) atoms. The van der Waals surface area contributed by atoms with E-state index in [-0.39, 0.29) is 5.41 Å². The SMILES string of the molecule is O=C(O)C1(Nc2cccc(Cl)c2)CCC2(CC1)c1ccccc1C[C@H]2[C@H]1C[C@@H]1COc1ccnc2ccsc12. The summed E-state index contributed by atoms with van der Waals surface area (Å²) in [5.41, 5.74) is 3.66. The molecule has 2 N–H and O–H groups in total. The molecular formula is C32H31ClN2O3S. The van der Waals surface area contributed by atoms with Crippen molar-refractivity contribution in [2.75, 3.05) is 11.9 Å². The Morgan fingerprint density at radius 2 is 1.95 bits per heavy atom. The van der Waals surface area contributed by atoms with Crippen LogP contribution in [0.5, 0.6) is 5.75 Å². The molecule has 2 aromatic heterocycles. The Morgan fingerprint density at radius 1 is 1.10 bits per heavy atom. The Balaban J connectivity index is 1.11. The number of carboxylic acid groups (broad SMARTS) is 1. The van der Waals surface area contributed by atoms with Crippen LogP contribution in [-0.2, 0) is 16.6 Å². The average Bonchev–Trinajstić information content (AvgIpc) is 3.40. The van der Waals surface area contributed by atoms with Gasteiger partial charge in [-0.15, -0.1) is 11.3 Å². The third-order valence-corrected chi connectivity index (χ3v) is 10.7. The fourth-order valence-corrected chi connectivity index (χ4v) is 8.50. The quantitative estimate of drug-likeness (QED) is 0.244. The van der Waals surface area contributed by atoms with Gasteiger partial charge in [0.25, 0.3) is 0 Å². The van der Waals surface area contributed by atoms with Crippen LogP contribution in [-0.4, -0.2) is 28.2 Å². The number of aromatic nitrogens is 1. The molecular weight excluding hydrogens is 528 g/mol. The summed E-state index contributed by atoms with van der Waals surface area (Å²) in [7, 11) is 0. The van der Waals surface area contributed by atoms with Crippen LogP contribution in [0.1, 0.15) is 43.2 Å². The fraction of sp³-hybridized carbons (Fsp3) is 0.375. The number of anilines is 1. The molecule has 200 valence electrons. The summed E-state index contributed by atoms with van der Waals surface area (Å²) in [6.07, 6.45) is 6.96. The zero-order chi connectivity index (χ0) is 26.6. The molecule has 2 saturated carbocycles. The largest absolute Gasteiger partial charge is 0.492 e. The molecule has 4 aromatic rings. The van der Waals surface area contributed by atoms with Crippen molar-refractivity contribution in [1.82, 2.24) is 4.98 Å². The first-order valence-electron chi connectivity index (χ1n) is 13.8. The Labute approximate surface area is 237 Å². The number of carboxylic acids is 1. The van der Waals surface area contributed by atoms with Crippen molar-refractivity contribution < 1.29 is 14.6 Å². The van der Waals surface area contributed by atoms with E-state index < -0.39 is 11.5 Å². The molecule has 2 fully saturated rings. The minimum atomic E-state index is -0.989. The second kappa shape index (κ2) is 9.53. The molecule has 3 atom stereocenters. The number of halogens is 1. The van der Waals surface area contributed by atoms with Crippen LogP contribution in [0.15, 0.2) is 72.2 Å². The van der Waals surface area contributed by atoms with E-state index >= 15 is 0 Å². The van der Waals surface area contributed by atoms with Crippen molar-refractivity contribution in [3.8, 4) is 5.75 Å². The van der Waals surface area contributed by atoms with E-state index in [0.717, 1.165) is 47.5 Å². The maximum absolute atomic E-state index is 12.7. The number of benzene rings is 2. The highest BCUT2D eigenvalue weighted by atomic mass is 35.5. The van der Waals surface area contributed by atoms with E-state index in [4.69, 9.17) is 16.3 Å². The lowest BCUT2D eigenvalue weighted by Crippen LogP contribution is -2.53. The number of hydrogen-bond donors (Lipinski definition) is 2. The van der Waals surface area contributed by atoms with Crippen molar-refractivity contribution in [2.24, 2.45) is 17.8 Å². The molecule has 0 unspecified atom stereocenters. The first-order valence-corrected chi connectivity index (χ1v) is 15.0. The summed E-state index contributed by atoms with van der Waals surface area (Å²) in [6.45, 7) is 0.722. The minimum Gasteiger partial charge on any atom is -0.492 e. The molecule has 3 aliphatic carbocycles. The first-order chi connectivity index (χ1) is 19.0. The number of pyridine rings is 1. The van der Waals surface area contributed by atoms with Crippen LogP contribution in [0, 0.1) is 17.8 Å². The molecule has 1 spiro atoms. The standard InChI is InChI=1S/C32H31ClN2O3S/c33-22-5-3-6-23(18-22)35-32(30(36)37)12-10-31(11-13-32)25-7-2-1-4-20(25)17-26(31)24-16-21(24)19-38-28-8-14-34-27-9-15-39-29(27)28/h1-9,14-15,18,21,24,26,35H,10-13,16-17,19H2,(H,36,37)/t21-,24+,26+,31?,32?/m1/s1. The summed E-state index contributed by atoms with van der Waals surface area (Å²) in [5, 5.41) is 16.4. The van der Waals surface area contributed by atoms with E-state index in [1.54, 1.807) is 11.3 Å². The number of hydrogen-bond acceptors (Lipinski definition) is 5. The third kappa shape index (κ3) is 4.29. The maximum atomic E-state index is 12.7. The van der Waals surface area contributed by atoms with Gasteiger partial charge in [-0.1, -0.05) is 41.9 Å². The van der Waals surface area contributed by atoms with Crippen molar-refractivity contribution >= 4 is 44.8 Å². The van der Waals surface area contributed by atoms with Crippen LogP contribution in [0.25, 0.3) is 10.2 Å². The molecule has 7 heteroatoms. The lowest BCUT2D eigenvalue weighted by molar-refractivity contribution is -0.144. The lowest BCUT2D eigenvalue weighted by Gasteiger charge is -2.47. The Morgan fingerprint density at radius 3 is 2.77 bits per heavy atom. The molecule has 0 bridgehead atoms. The van der Waals surface area contributed by atoms with E-state index in [1.165, 1.54) is 17.5 Å². The van der Waals surface area contributed by atoms with Crippen molar-refractivity contribution in [1.29, 1.82) is 0 Å². The Hall–Kier alpha value is -3.09. The molecule has 5 nitrogen and oxygen atoms in total. The highest BCUT2D eigenvalue weighted by Crippen LogP contribution is 2.62. The van der Waals surface area contributed by atoms with Crippen molar-refractivity contribution in [3.63, 3.8) is 0 Å². The van der Waals surface area contributed by atoms with Gasteiger partial charge in [0.15, 0.2) is 0 Å². The second-order valence-corrected chi connectivity index (χ2v) is 12.9. The van der Waals surface area contributed by atoms with E-state index in [0.29, 0.717) is 35.6 Å². The Bertz CT molecular complexity index is 1540. The van der Waals surface area contributed by atoms with Crippen LogP contribution < -0.4 is 10.1 Å². The summed E-state index contributed by atoms with van der Waals surface area (Å²) in [6, 6.07) is 20.3. The molecule has 0 aliphatic heterocycles. The Kier molecular flexibility index (Phi) is 6.09. The van der Waals surface area contributed by atoms with E-state index in [2.05, 4.69) is 39.9 Å². The number of thiophene rings is 1. The molecule has 2 aromatic carbocycles. The van der Waals surface area contributed by atoms with Gasteiger partial charge in [0.2, 0.25) is 0 Å². The number of ether oxygens (including phenoxy) is 1. The van der Waals surface area contributed by atoms with Gasteiger partial charge < -0.3 is 15.2 Å². The predicted octanol–water partition coefficient (Wildman–Crippen LogP) is 7.58. The topological polar surface area (TPSA) is 71.5 Å². The number of fused-ring (bicyclic) bond motifs is 3. The molecule has 0 radical (unpaired) electrons. The highest BCUT2D eigenvalue weighted by Gasteiger charge is 2.59. The van der Waals surface area contributed by atoms with E-state index in [9.17, 15) is 9.90 Å². The van der Waals surface area contributed by atoms with Crippen molar-refractivity contribution in [3.05, 3.63) is 88.4 Å². The third-order valence-electron chi connectivity index (χ3n) is 9.57. The number of carbonyl (C=O) groups is 1. The first kappa shape index (κ1) is 24.9. The van der Waals surface area contributed by atoms with Crippen LogP contribution in [0.4, 0.5) is 5.69 Å². The van der Waals surface area contributed by atoms with Gasteiger partial charge in [-0.25, -0.2) is 4.79 Å².